The van der Waals surface area contributed by atoms with Crippen LogP contribution < -0.4 is 4.74 Å². The van der Waals surface area contributed by atoms with E-state index < -0.39 is 11.9 Å². The second-order valence-corrected chi connectivity index (χ2v) is 7.76. The quantitative estimate of drug-likeness (QED) is 0.611. The van der Waals surface area contributed by atoms with Crippen molar-refractivity contribution < 1.29 is 22.7 Å². The zero-order valence-corrected chi connectivity index (χ0v) is 17.3. The Bertz CT molecular complexity index is 1110. The van der Waals surface area contributed by atoms with Gasteiger partial charge < -0.3 is 9.64 Å². The predicted molar refractivity (Wildman–Crippen MR) is 108 cm³/mol. The first-order chi connectivity index (χ1) is 14.8. The molecule has 164 valence electrons. The number of carbonyl (C=O) groups is 1. The maximum Gasteiger partial charge on any atom is 0.433 e. The van der Waals surface area contributed by atoms with E-state index in [1.807, 2.05) is 24.3 Å². The number of aromatic nitrogens is 3. The average molecular weight is 432 g/mol. The van der Waals surface area contributed by atoms with Gasteiger partial charge in [0.25, 0.3) is 0 Å². The summed E-state index contributed by atoms with van der Waals surface area (Å²) < 4.78 is 46.3. The molecule has 1 atom stereocenters. The van der Waals surface area contributed by atoms with Gasteiger partial charge in [0.15, 0.2) is 5.65 Å². The van der Waals surface area contributed by atoms with E-state index in [-0.39, 0.29) is 23.2 Å². The molecular formula is C22H23F3N4O2. The highest BCUT2D eigenvalue weighted by Crippen LogP contribution is 2.32. The SMILES string of the molecule is COc1ccccc1CCC(=O)N1CC[C@@H](c2cc3nc(C)cc(C(F)(F)F)n3n2)C1. The van der Waals surface area contributed by atoms with Gasteiger partial charge in [-0.1, -0.05) is 18.2 Å². The number of carbonyl (C=O) groups excluding carboxylic acids is 1. The van der Waals surface area contributed by atoms with Crippen LogP contribution in [0.5, 0.6) is 5.75 Å². The van der Waals surface area contributed by atoms with Crippen molar-refractivity contribution in [1.82, 2.24) is 19.5 Å². The molecule has 1 aliphatic heterocycles. The number of hydrogen-bond donors (Lipinski definition) is 0. The average Bonchev–Trinajstić information content (AvgIpc) is 3.38. The van der Waals surface area contributed by atoms with Gasteiger partial charge in [0, 0.05) is 37.2 Å². The van der Waals surface area contributed by atoms with Crippen LogP contribution in [0.2, 0.25) is 0 Å². The number of ether oxygens (including phenoxy) is 1. The van der Waals surface area contributed by atoms with E-state index in [0.717, 1.165) is 21.9 Å². The largest absolute Gasteiger partial charge is 0.496 e. The molecule has 31 heavy (non-hydrogen) atoms. The van der Waals surface area contributed by atoms with E-state index in [9.17, 15) is 18.0 Å². The van der Waals surface area contributed by atoms with Crippen molar-refractivity contribution in [1.29, 1.82) is 0 Å². The Morgan fingerprint density at radius 3 is 2.77 bits per heavy atom. The highest BCUT2D eigenvalue weighted by molar-refractivity contribution is 5.77. The minimum atomic E-state index is -4.52. The van der Waals surface area contributed by atoms with Crippen molar-refractivity contribution in [2.45, 2.75) is 38.3 Å². The second-order valence-electron chi connectivity index (χ2n) is 7.76. The third kappa shape index (κ3) is 4.35. The molecule has 1 amide bonds. The van der Waals surface area contributed by atoms with E-state index in [1.54, 1.807) is 18.1 Å². The first kappa shape index (κ1) is 21.1. The van der Waals surface area contributed by atoms with Crippen LogP contribution in [0.25, 0.3) is 5.65 Å². The number of fused-ring (bicyclic) bond motifs is 1. The van der Waals surface area contributed by atoms with Crippen molar-refractivity contribution in [2.24, 2.45) is 0 Å². The van der Waals surface area contributed by atoms with Gasteiger partial charge in [-0.3, -0.25) is 4.79 Å². The number of para-hydroxylation sites is 1. The number of nitrogens with zero attached hydrogens (tertiary/aromatic N) is 4. The lowest BCUT2D eigenvalue weighted by atomic mass is 10.1. The monoisotopic (exact) mass is 432 g/mol. The summed E-state index contributed by atoms with van der Waals surface area (Å²) in [5.74, 6) is 0.656. The van der Waals surface area contributed by atoms with Gasteiger partial charge in [-0.25, -0.2) is 9.50 Å². The minimum Gasteiger partial charge on any atom is -0.496 e. The van der Waals surface area contributed by atoms with Crippen molar-refractivity contribution in [3.05, 3.63) is 59.0 Å². The molecule has 0 saturated carbocycles. The molecular weight excluding hydrogens is 409 g/mol. The van der Waals surface area contributed by atoms with Crippen LogP contribution in [-0.2, 0) is 17.4 Å². The Labute approximate surface area is 177 Å². The van der Waals surface area contributed by atoms with Gasteiger partial charge in [-0.2, -0.15) is 18.3 Å². The summed E-state index contributed by atoms with van der Waals surface area (Å²) in [7, 11) is 1.60. The molecule has 1 aliphatic rings. The summed E-state index contributed by atoms with van der Waals surface area (Å²) in [4.78, 5) is 18.6. The predicted octanol–water partition coefficient (Wildman–Crippen LogP) is 4.01. The molecule has 0 unspecified atom stereocenters. The number of alkyl halides is 3. The fraction of sp³-hybridized carbons (Fsp3) is 0.409. The molecule has 4 rings (SSSR count). The fourth-order valence-corrected chi connectivity index (χ4v) is 4.06. The molecule has 3 heterocycles. The molecule has 2 aromatic heterocycles. The standard InChI is InChI=1S/C22H23F3N4O2/c1-14-11-19(22(23,24)25)29-20(26-14)12-17(27-29)16-9-10-28(13-16)21(30)8-7-15-5-3-4-6-18(15)31-2/h3-6,11-12,16H,7-10,13H2,1-2H3/t16-/m1/s1. The van der Waals surface area contributed by atoms with Gasteiger partial charge in [-0.05, 0) is 37.5 Å². The Hall–Kier alpha value is -3.10. The molecule has 0 bridgehead atoms. The number of hydrogen-bond acceptors (Lipinski definition) is 4. The van der Waals surface area contributed by atoms with Crippen LogP contribution in [0.4, 0.5) is 13.2 Å². The topological polar surface area (TPSA) is 59.7 Å². The van der Waals surface area contributed by atoms with Crippen LogP contribution >= 0.6 is 0 Å². The van der Waals surface area contributed by atoms with Crippen LogP contribution in [-0.4, -0.2) is 45.6 Å². The highest BCUT2D eigenvalue weighted by atomic mass is 19.4. The van der Waals surface area contributed by atoms with Gasteiger partial charge in [-0.15, -0.1) is 0 Å². The number of likely N-dealkylation sites (tertiary alicyclic amines) is 1. The normalized spacial score (nSPS) is 16.8. The highest BCUT2D eigenvalue weighted by Gasteiger charge is 2.36. The van der Waals surface area contributed by atoms with Crippen LogP contribution in [0.3, 0.4) is 0 Å². The summed E-state index contributed by atoms with van der Waals surface area (Å²) in [6.45, 7) is 2.52. The van der Waals surface area contributed by atoms with E-state index in [4.69, 9.17) is 4.74 Å². The lowest BCUT2D eigenvalue weighted by molar-refractivity contribution is -0.142. The minimum absolute atomic E-state index is 0.0159. The molecule has 9 heteroatoms. The van der Waals surface area contributed by atoms with Crippen LogP contribution in [0.1, 0.15) is 41.4 Å². The lowest BCUT2D eigenvalue weighted by Crippen LogP contribution is -2.28. The lowest BCUT2D eigenvalue weighted by Gasteiger charge is -2.16. The van der Waals surface area contributed by atoms with Crippen LogP contribution in [0.15, 0.2) is 36.4 Å². The second kappa shape index (κ2) is 8.20. The zero-order chi connectivity index (χ0) is 22.2. The van der Waals surface area contributed by atoms with E-state index in [1.165, 1.54) is 6.92 Å². The van der Waals surface area contributed by atoms with Crippen molar-refractivity contribution in [3.63, 3.8) is 0 Å². The summed E-state index contributed by atoms with van der Waals surface area (Å²) in [6.07, 6.45) is -2.95. The molecule has 1 fully saturated rings. The first-order valence-corrected chi connectivity index (χ1v) is 10.1. The number of rotatable bonds is 5. The maximum atomic E-state index is 13.4. The smallest absolute Gasteiger partial charge is 0.433 e. The molecule has 1 aromatic carbocycles. The van der Waals surface area contributed by atoms with Crippen LogP contribution in [0, 0.1) is 6.92 Å². The zero-order valence-electron chi connectivity index (χ0n) is 17.3. The number of halogens is 3. The van der Waals surface area contributed by atoms with Gasteiger partial charge in [0.2, 0.25) is 5.91 Å². The molecule has 0 aliphatic carbocycles. The number of aryl methyl sites for hydroxylation is 2. The number of benzene rings is 1. The van der Waals surface area contributed by atoms with Crippen molar-refractivity contribution >= 4 is 11.6 Å². The van der Waals surface area contributed by atoms with Gasteiger partial charge in [0.05, 0.1) is 12.8 Å². The number of methoxy groups -OCH3 is 1. The molecule has 3 aromatic rings. The Morgan fingerprint density at radius 2 is 2.03 bits per heavy atom. The first-order valence-electron chi connectivity index (χ1n) is 10.1. The maximum absolute atomic E-state index is 13.4. The van der Waals surface area contributed by atoms with Crippen molar-refractivity contribution in [2.75, 3.05) is 20.2 Å². The van der Waals surface area contributed by atoms with E-state index >= 15 is 0 Å². The Kier molecular flexibility index (Phi) is 5.60. The van der Waals surface area contributed by atoms with E-state index in [2.05, 4.69) is 10.1 Å². The van der Waals surface area contributed by atoms with E-state index in [0.29, 0.717) is 38.0 Å². The summed E-state index contributed by atoms with van der Waals surface area (Å²) in [5, 5.41) is 4.19. The van der Waals surface area contributed by atoms with Gasteiger partial charge in [0.1, 0.15) is 11.4 Å². The number of amides is 1. The Morgan fingerprint density at radius 1 is 1.26 bits per heavy atom. The molecule has 1 saturated heterocycles. The molecule has 0 N–H and O–H groups in total. The fourth-order valence-electron chi connectivity index (χ4n) is 4.06. The Balaban J connectivity index is 1.46. The third-order valence-electron chi connectivity index (χ3n) is 5.62. The molecule has 0 spiro atoms. The molecule has 0 radical (unpaired) electrons. The summed E-state index contributed by atoms with van der Waals surface area (Å²) in [6, 6.07) is 10.2. The summed E-state index contributed by atoms with van der Waals surface area (Å²) in [5.41, 5.74) is 1.11. The third-order valence-corrected chi connectivity index (χ3v) is 5.62. The molecule has 6 nitrogen and oxygen atoms in total. The van der Waals surface area contributed by atoms with Crippen molar-refractivity contribution in [3.8, 4) is 5.75 Å². The summed E-state index contributed by atoms with van der Waals surface area (Å²) >= 11 is 0. The van der Waals surface area contributed by atoms with Gasteiger partial charge >= 0.3 is 6.18 Å².